The molecule has 2 heterocycles. The third-order valence-corrected chi connectivity index (χ3v) is 7.37. The highest BCUT2D eigenvalue weighted by molar-refractivity contribution is 7.89. The summed E-state index contributed by atoms with van der Waals surface area (Å²) >= 11 is 1.67. The lowest BCUT2D eigenvalue weighted by atomic mass is 10.1. The third-order valence-electron chi connectivity index (χ3n) is 5.32. The van der Waals surface area contributed by atoms with Crippen molar-refractivity contribution >= 4 is 21.4 Å². The number of ether oxygens (including phenoxy) is 1. The number of hydrogen-bond donors (Lipinski definition) is 1. The lowest BCUT2D eigenvalue weighted by molar-refractivity contribution is 0.206. The van der Waals surface area contributed by atoms with E-state index in [1.807, 2.05) is 24.3 Å². The average Bonchev–Trinajstić information content (AvgIpc) is 3.10. The van der Waals surface area contributed by atoms with Crippen molar-refractivity contribution in [2.75, 3.05) is 32.5 Å². The minimum Gasteiger partial charge on any atom is -0.497 e. The van der Waals surface area contributed by atoms with Crippen LogP contribution in [0.5, 0.6) is 5.75 Å². The normalized spacial score (nSPS) is 17.2. The fourth-order valence-corrected chi connectivity index (χ4v) is 5.42. The zero-order valence-electron chi connectivity index (χ0n) is 16.5. The molecule has 0 bridgehead atoms. The largest absolute Gasteiger partial charge is 0.497 e. The molecule has 0 spiro atoms. The van der Waals surface area contributed by atoms with Crippen LogP contribution in [-0.2, 0) is 16.4 Å². The van der Waals surface area contributed by atoms with Crippen molar-refractivity contribution < 1.29 is 13.2 Å². The molecular formula is C21H30N2O3S2. The maximum Gasteiger partial charge on any atom is 0.211 e. The Balaban J connectivity index is 1.59. The second-order valence-electron chi connectivity index (χ2n) is 7.29. The van der Waals surface area contributed by atoms with Gasteiger partial charge in [0.1, 0.15) is 5.75 Å². The van der Waals surface area contributed by atoms with Gasteiger partial charge in [-0.1, -0.05) is 25.0 Å². The minimum atomic E-state index is -3.33. The van der Waals surface area contributed by atoms with Crippen molar-refractivity contribution in [2.45, 2.75) is 38.1 Å². The van der Waals surface area contributed by atoms with E-state index in [1.54, 1.807) is 18.4 Å². The fourth-order valence-electron chi connectivity index (χ4n) is 3.65. The molecule has 1 saturated heterocycles. The summed E-state index contributed by atoms with van der Waals surface area (Å²) in [5, 5.41) is 4.21. The Kier molecular flexibility index (Phi) is 7.91. The number of nitrogens with zero attached hydrogens (tertiary/aromatic N) is 1. The topological polar surface area (TPSA) is 58.6 Å². The van der Waals surface area contributed by atoms with Crippen LogP contribution in [0, 0.1) is 0 Å². The summed E-state index contributed by atoms with van der Waals surface area (Å²) in [4.78, 5) is 2.45. The van der Waals surface area contributed by atoms with Crippen molar-refractivity contribution in [1.29, 1.82) is 0 Å². The van der Waals surface area contributed by atoms with E-state index in [0.29, 0.717) is 13.0 Å². The van der Waals surface area contributed by atoms with Crippen LogP contribution in [0.4, 0.5) is 0 Å². The first kappa shape index (κ1) is 21.3. The predicted molar refractivity (Wildman–Crippen MR) is 116 cm³/mol. The highest BCUT2D eigenvalue weighted by atomic mass is 32.2. The van der Waals surface area contributed by atoms with Crippen molar-refractivity contribution in [3.63, 3.8) is 0 Å². The number of methoxy groups -OCH3 is 1. The van der Waals surface area contributed by atoms with E-state index in [9.17, 15) is 8.42 Å². The number of benzene rings is 1. The molecule has 3 rings (SSSR count). The van der Waals surface area contributed by atoms with Gasteiger partial charge in [-0.05, 0) is 72.4 Å². The van der Waals surface area contributed by atoms with E-state index in [-0.39, 0.29) is 11.8 Å². The van der Waals surface area contributed by atoms with Gasteiger partial charge in [0, 0.05) is 12.6 Å². The van der Waals surface area contributed by atoms with Crippen molar-refractivity contribution in [1.82, 2.24) is 9.62 Å². The molecule has 1 aromatic heterocycles. The Hall–Kier alpha value is -1.41. The molecule has 154 valence electrons. The lowest BCUT2D eigenvalue weighted by Crippen LogP contribution is -2.39. The molecule has 0 unspecified atom stereocenters. The number of sulfonamides is 1. The van der Waals surface area contributed by atoms with E-state index in [1.165, 1.54) is 31.2 Å². The van der Waals surface area contributed by atoms with Gasteiger partial charge in [0.2, 0.25) is 10.0 Å². The van der Waals surface area contributed by atoms with Crippen LogP contribution in [-0.4, -0.2) is 45.8 Å². The van der Waals surface area contributed by atoms with E-state index in [2.05, 4.69) is 26.4 Å². The van der Waals surface area contributed by atoms with Gasteiger partial charge in [-0.25, -0.2) is 13.1 Å². The minimum absolute atomic E-state index is 0.0929. The van der Waals surface area contributed by atoms with Gasteiger partial charge < -0.3 is 4.74 Å². The molecule has 0 saturated carbocycles. The second-order valence-corrected chi connectivity index (χ2v) is 9.99. The molecule has 0 radical (unpaired) electrons. The smallest absolute Gasteiger partial charge is 0.211 e. The molecule has 0 amide bonds. The van der Waals surface area contributed by atoms with Crippen molar-refractivity contribution in [3.05, 3.63) is 52.2 Å². The van der Waals surface area contributed by atoms with Crippen LogP contribution >= 0.6 is 11.3 Å². The summed E-state index contributed by atoms with van der Waals surface area (Å²) in [7, 11) is -1.71. The van der Waals surface area contributed by atoms with Gasteiger partial charge in [-0.3, -0.25) is 4.90 Å². The SMILES string of the molecule is COc1ccc(CCS(=O)(=O)NC[C@@H](c2ccsc2)N2CCCCCC2)cc1. The zero-order valence-corrected chi connectivity index (χ0v) is 18.1. The Morgan fingerprint density at radius 1 is 1.11 bits per heavy atom. The number of thiophene rings is 1. The third kappa shape index (κ3) is 6.30. The number of likely N-dealkylation sites (tertiary alicyclic amines) is 1. The van der Waals surface area contributed by atoms with Gasteiger partial charge in [0.15, 0.2) is 0 Å². The average molecular weight is 423 g/mol. The molecule has 1 N–H and O–H groups in total. The Labute approximate surface area is 172 Å². The van der Waals surface area contributed by atoms with E-state index < -0.39 is 10.0 Å². The summed E-state index contributed by atoms with van der Waals surface area (Å²) in [6.45, 7) is 2.50. The summed E-state index contributed by atoms with van der Waals surface area (Å²) in [5.74, 6) is 0.871. The molecule has 5 nitrogen and oxygen atoms in total. The van der Waals surface area contributed by atoms with Crippen molar-refractivity contribution in [3.8, 4) is 5.75 Å². The highest BCUT2D eigenvalue weighted by Gasteiger charge is 2.23. The standard InChI is InChI=1S/C21H30N2O3S2/c1-26-20-8-6-18(7-9-20)11-15-28(24,25)22-16-21(19-10-14-27-17-19)23-12-4-2-3-5-13-23/h6-10,14,17,21-22H,2-5,11-13,15-16H2,1H3/t21-/m0/s1. The maximum atomic E-state index is 12.6. The van der Waals surface area contributed by atoms with Crippen LogP contribution in [0.1, 0.15) is 42.9 Å². The van der Waals surface area contributed by atoms with E-state index >= 15 is 0 Å². The highest BCUT2D eigenvalue weighted by Crippen LogP contribution is 2.25. The second kappa shape index (κ2) is 10.4. The van der Waals surface area contributed by atoms with Crippen LogP contribution in [0.3, 0.4) is 0 Å². The molecule has 2 aromatic rings. The Morgan fingerprint density at radius 3 is 2.43 bits per heavy atom. The maximum absolute atomic E-state index is 12.6. The molecule has 28 heavy (non-hydrogen) atoms. The van der Waals surface area contributed by atoms with Gasteiger partial charge in [-0.15, -0.1) is 0 Å². The molecule has 1 aromatic carbocycles. The van der Waals surface area contributed by atoms with Crippen LogP contribution in [0.15, 0.2) is 41.1 Å². The van der Waals surface area contributed by atoms with Gasteiger partial charge in [0.05, 0.1) is 12.9 Å². The molecule has 1 atom stereocenters. The predicted octanol–water partition coefficient (Wildman–Crippen LogP) is 3.84. The quantitative estimate of drug-likeness (QED) is 0.667. The molecule has 0 aliphatic carbocycles. The summed E-state index contributed by atoms with van der Waals surface area (Å²) in [6.07, 6.45) is 5.39. The lowest BCUT2D eigenvalue weighted by Gasteiger charge is -2.30. The Bertz CT molecular complexity index is 797. The zero-order chi connectivity index (χ0) is 19.8. The van der Waals surface area contributed by atoms with Gasteiger partial charge >= 0.3 is 0 Å². The first-order valence-corrected chi connectivity index (χ1v) is 12.5. The number of aryl methyl sites for hydroxylation is 1. The number of nitrogens with one attached hydrogen (secondary N) is 1. The first-order chi connectivity index (χ1) is 13.6. The van der Waals surface area contributed by atoms with Crippen LogP contribution in [0.25, 0.3) is 0 Å². The molecule has 1 aliphatic rings. The van der Waals surface area contributed by atoms with Gasteiger partial charge in [0.25, 0.3) is 0 Å². The van der Waals surface area contributed by atoms with Crippen molar-refractivity contribution in [2.24, 2.45) is 0 Å². The summed E-state index contributed by atoms with van der Waals surface area (Å²) in [6, 6.07) is 9.79. The molecule has 7 heteroatoms. The van der Waals surface area contributed by atoms with E-state index in [0.717, 1.165) is 24.4 Å². The fraction of sp³-hybridized carbons (Fsp3) is 0.524. The van der Waals surface area contributed by atoms with Gasteiger partial charge in [-0.2, -0.15) is 11.3 Å². The Morgan fingerprint density at radius 2 is 1.82 bits per heavy atom. The monoisotopic (exact) mass is 422 g/mol. The van der Waals surface area contributed by atoms with E-state index in [4.69, 9.17) is 4.74 Å². The molecule has 1 aliphatic heterocycles. The van der Waals surface area contributed by atoms with Crippen LogP contribution in [0.2, 0.25) is 0 Å². The number of hydrogen-bond acceptors (Lipinski definition) is 5. The summed E-state index contributed by atoms with van der Waals surface area (Å²) < 4.78 is 33.2. The molecule has 1 fully saturated rings. The summed E-state index contributed by atoms with van der Waals surface area (Å²) in [5.41, 5.74) is 2.21. The first-order valence-electron chi connectivity index (χ1n) is 9.94. The number of rotatable bonds is 9. The van der Waals surface area contributed by atoms with Crippen LogP contribution < -0.4 is 9.46 Å². The molecular weight excluding hydrogens is 392 g/mol.